The van der Waals surface area contributed by atoms with Crippen LogP contribution in [0.5, 0.6) is 0 Å². The van der Waals surface area contributed by atoms with E-state index < -0.39 is 15.8 Å². The number of aryl methyl sites for hydroxylation is 1. The third-order valence-electron chi connectivity index (χ3n) is 2.32. The average Bonchev–Trinajstić information content (AvgIpc) is 2.33. The lowest BCUT2D eigenvalue weighted by atomic mass is 10.3. The molecule has 0 amide bonds. The first-order chi connectivity index (χ1) is 8.88. The van der Waals surface area contributed by atoms with Crippen LogP contribution in [0.4, 0.5) is 10.2 Å². The number of nitrogens with zero attached hydrogens (tertiary/aromatic N) is 1. The van der Waals surface area contributed by atoms with Crippen molar-refractivity contribution in [3.05, 3.63) is 52.4 Å². The number of pyridine rings is 1. The van der Waals surface area contributed by atoms with Crippen LogP contribution in [0, 0.1) is 12.7 Å². The fourth-order valence-corrected chi connectivity index (χ4v) is 3.18. The van der Waals surface area contributed by atoms with E-state index >= 15 is 0 Å². The smallest absolute Gasteiger partial charge is 0.262 e. The molecule has 0 aliphatic rings. The summed E-state index contributed by atoms with van der Waals surface area (Å²) < 4.78 is 40.0. The highest BCUT2D eigenvalue weighted by Crippen LogP contribution is 2.23. The van der Waals surface area contributed by atoms with E-state index in [-0.39, 0.29) is 10.7 Å². The van der Waals surface area contributed by atoms with Crippen LogP contribution in [-0.2, 0) is 10.0 Å². The van der Waals surface area contributed by atoms with Crippen LogP contribution >= 0.6 is 15.9 Å². The van der Waals surface area contributed by atoms with Gasteiger partial charge in [0.15, 0.2) is 5.82 Å². The first-order valence-electron chi connectivity index (χ1n) is 5.29. The lowest BCUT2D eigenvalue weighted by Gasteiger charge is -2.09. The van der Waals surface area contributed by atoms with Crippen molar-refractivity contribution in [1.82, 2.24) is 4.98 Å². The molecule has 1 heterocycles. The molecule has 0 saturated heterocycles. The number of aromatic nitrogens is 1. The van der Waals surface area contributed by atoms with Crippen LogP contribution < -0.4 is 4.72 Å². The molecule has 0 unspecified atom stereocenters. The molecule has 2 aromatic rings. The number of benzene rings is 1. The van der Waals surface area contributed by atoms with Gasteiger partial charge in [0.25, 0.3) is 10.0 Å². The highest BCUT2D eigenvalue weighted by atomic mass is 79.9. The molecular weight excluding hydrogens is 335 g/mol. The van der Waals surface area contributed by atoms with Crippen molar-refractivity contribution in [2.24, 2.45) is 0 Å². The molecule has 0 aliphatic heterocycles. The van der Waals surface area contributed by atoms with E-state index in [0.717, 1.165) is 11.6 Å². The quantitative estimate of drug-likeness (QED) is 0.930. The Morgan fingerprint density at radius 3 is 2.68 bits per heavy atom. The number of hydrogen-bond donors (Lipinski definition) is 1. The lowest BCUT2D eigenvalue weighted by molar-refractivity contribution is 0.595. The van der Waals surface area contributed by atoms with Gasteiger partial charge in [0, 0.05) is 6.20 Å². The van der Waals surface area contributed by atoms with Gasteiger partial charge < -0.3 is 0 Å². The molecule has 2 rings (SSSR count). The topological polar surface area (TPSA) is 59.1 Å². The summed E-state index contributed by atoms with van der Waals surface area (Å²) in [5, 5.41) is 0. The molecule has 0 radical (unpaired) electrons. The molecule has 100 valence electrons. The standard InChI is InChI=1S/C12H10BrFN2O2S/c1-8-5-11(13)12(15-7-8)16-19(17,18)10-4-2-3-9(14)6-10/h2-7H,1H3,(H,15,16). The molecule has 1 N–H and O–H groups in total. The summed E-state index contributed by atoms with van der Waals surface area (Å²) in [6.07, 6.45) is 1.54. The minimum absolute atomic E-state index is 0.151. The van der Waals surface area contributed by atoms with E-state index in [1.54, 1.807) is 6.07 Å². The first-order valence-corrected chi connectivity index (χ1v) is 7.56. The average molecular weight is 345 g/mol. The summed E-state index contributed by atoms with van der Waals surface area (Å²) in [4.78, 5) is 3.83. The second kappa shape index (κ2) is 5.26. The Balaban J connectivity index is 2.36. The van der Waals surface area contributed by atoms with E-state index in [1.807, 2.05) is 6.92 Å². The van der Waals surface area contributed by atoms with Gasteiger partial charge in [-0.2, -0.15) is 0 Å². The molecule has 19 heavy (non-hydrogen) atoms. The fraction of sp³-hybridized carbons (Fsp3) is 0.0833. The third-order valence-corrected chi connectivity index (χ3v) is 4.26. The Bertz CT molecular complexity index is 719. The Morgan fingerprint density at radius 1 is 1.32 bits per heavy atom. The van der Waals surface area contributed by atoms with E-state index in [0.29, 0.717) is 4.47 Å². The first kappa shape index (κ1) is 14.0. The minimum Gasteiger partial charge on any atom is -0.262 e. The van der Waals surface area contributed by atoms with Gasteiger partial charge in [-0.25, -0.2) is 17.8 Å². The van der Waals surface area contributed by atoms with Gasteiger partial charge in [-0.15, -0.1) is 0 Å². The number of halogens is 2. The van der Waals surface area contributed by atoms with Crippen LogP contribution in [0.3, 0.4) is 0 Å². The van der Waals surface area contributed by atoms with Gasteiger partial charge in [0.1, 0.15) is 5.82 Å². The Morgan fingerprint density at radius 2 is 2.05 bits per heavy atom. The van der Waals surface area contributed by atoms with E-state index in [9.17, 15) is 12.8 Å². The summed E-state index contributed by atoms with van der Waals surface area (Å²) in [6.45, 7) is 1.84. The number of rotatable bonds is 3. The van der Waals surface area contributed by atoms with Crippen molar-refractivity contribution in [3.8, 4) is 0 Å². The highest BCUT2D eigenvalue weighted by Gasteiger charge is 2.16. The summed E-state index contributed by atoms with van der Waals surface area (Å²) >= 11 is 3.22. The number of anilines is 1. The molecule has 0 fully saturated rings. The maximum atomic E-state index is 13.1. The number of sulfonamides is 1. The molecule has 7 heteroatoms. The molecule has 1 aromatic carbocycles. The zero-order valence-corrected chi connectivity index (χ0v) is 12.3. The van der Waals surface area contributed by atoms with Crippen LogP contribution in [0.25, 0.3) is 0 Å². The largest absolute Gasteiger partial charge is 0.263 e. The van der Waals surface area contributed by atoms with Gasteiger partial charge in [0.05, 0.1) is 9.37 Å². The van der Waals surface area contributed by atoms with Crippen molar-refractivity contribution in [1.29, 1.82) is 0 Å². The van der Waals surface area contributed by atoms with E-state index in [2.05, 4.69) is 25.6 Å². The Labute approximate surface area is 118 Å². The normalized spacial score (nSPS) is 11.3. The Kier molecular flexibility index (Phi) is 3.86. The predicted octanol–water partition coefficient (Wildman–Crippen LogP) is 3.09. The number of hydrogen-bond acceptors (Lipinski definition) is 3. The molecular formula is C12H10BrFN2O2S. The molecule has 4 nitrogen and oxygen atoms in total. The Hall–Kier alpha value is -1.47. The molecule has 0 atom stereocenters. The molecule has 0 aliphatic carbocycles. The van der Waals surface area contributed by atoms with Crippen molar-refractivity contribution in [2.75, 3.05) is 4.72 Å². The van der Waals surface area contributed by atoms with Crippen molar-refractivity contribution < 1.29 is 12.8 Å². The minimum atomic E-state index is -3.85. The fourth-order valence-electron chi connectivity index (χ4n) is 1.43. The number of nitrogens with one attached hydrogen (secondary N) is 1. The highest BCUT2D eigenvalue weighted by molar-refractivity contribution is 9.10. The second-order valence-electron chi connectivity index (χ2n) is 3.91. The third kappa shape index (κ3) is 3.30. The van der Waals surface area contributed by atoms with Crippen LogP contribution in [-0.4, -0.2) is 13.4 Å². The van der Waals surface area contributed by atoms with Gasteiger partial charge in [-0.3, -0.25) is 4.72 Å². The molecule has 1 aromatic heterocycles. The van der Waals surface area contributed by atoms with Crippen LogP contribution in [0.15, 0.2) is 45.9 Å². The summed E-state index contributed by atoms with van der Waals surface area (Å²) in [7, 11) is -3.85. The zero-order chi connectivity index (χ0) is 14.0. The summed E-state index contributed by atoms with van der Waals surface area (Å²) in [5.74, 6) is -0.450. The maximum absolute atomic E-state index is 13.1. The van der Waals surface area contributed by atoms with Crippen molar-refractivity contribution in [2.45, 2.75) is 11.8 Å². The SMILES string of the molecule is Cc1cnc(NS(=O)(=O)c2cccc(F)c2)c(Br)c1. The molecule has 0 saturated carbocycles. The molecule has 0 bridgehead atoms. The van der Waals surface area contributed by atoms with Crippen LogP contribution in [0.2, 0.25) is 0 Å². The van der Waals surface area contributed by atoms with Gasteiger partial charge in [-0.05, 0) is 52.7 Å². The van der Waals surface area contributed by atoms with E-state index in [4.69, 9.17) is 0 Å². The second-order valence-corrected chi connectivity index (χ2v) is 6.44. The molecule has 0 spiro atoms. The van der Waals surface area contributed by atoms with E-state index in [1.165, 1.54) is 24.4 Å². The van der Waals surface area contributed by atoms with Gasteiger partial charge in [0.2, 0.25) is 0 Å². The predicted molar refractivity (Wildman–Crippen MR) is 73.9 cm³/mol. The van der Waals surface area contributed by atoms with Gasteiger partial charge in [-0.1, -0.05) is 6.07 Å². The maximum Gasteiger partial charge on any atom is 0.263 e. The lowest BCUT2D eigenvalue weighted by Crippen LogP contribution is -2.14. The van der Waals surface area contributed by atoms with Gasteiger partial charge >= 0.3 is 0 Å². The summed E-state index contributed by atoms with van der Waals surface area (Å²) in [5.41, 5.74) is 0.889. The monoisotopic (exact) mass is 344 g/mol. The van der Waals surface area contributed by atoms with Crippen LogP contribution in [0.1, 0.15) is 5.56 Å². The summed E-state index contributed by atoms with van der Waals surface area (Å²) in [6, 6.07) is 6.51. The zero-order valence-electron chi connectivity index (χ0n) is 9.89. The van der Waals surface area contributed by atoms with Crippen molar-refractivity contribution >= 4 is 31.8 Å². The van der Waals surface area contributed by atoms with Crippen molar-refractivity contribution in [3.63, 3.8) is 0 Å².